The van der Waals surface area contributed by atoms with E-state index in [1.54, 1.807) is 6.07 Å². The number of amides is 1. The maximum absolute atomic E-state index is 12.8. The van der Waals surface area contributed by atoms with Crippen molar-refractivity contribution in [1.29, 1.82) is 0 Å². The fraction of sp³-hybridized carbons (Fsp3) is 0.556. The first-order chi connectivity index (χ1) is 12.5. The average Bonchev–Trinajstić information content (AvgIpc) is 3.06. The van der Waals surface area contributed by atoms with Crippen molar-refractivity contribution in [2.75, 3.05) is 36.8 Å². The highest BCUT2D eigenvalue weighted by Gasteiger charge is 2.33. The van der Waals surface area contributed by atoms with Gasteiger partial charge in [0.25, 0.3) is 0 Å². The Hall–Kier alpha value is -1.60. The Morgan fingerprint density at radius 3 is 2.81 bits per heavy atom. The largest absolute Gasteiger partial charge is 0.354 e. The third-order valence-electron chi connectivity index (χ3n) is 5.36. The number of benzene rings is 1. The second-order valence-electron chi connectivity index (χ2n) is 7.09. The fourth-order valence-electron chi connectivity index (χ4n) is 3.81. The lowest BCUT2D eigenvalue weighted by Crippen LogP contribution is -2.49. The van der Waals surface area contributed by atoms with E-state index >= 15 is 0 Å². The Morgan fingerprint density at radius 1 is 1.31 bits per heavy atom. The molecule has 1 aromatic heterocycles. The second kappa shape index (κ2) is 7.19. The molecule has 1 aromatic carbocycles. The van der Waals surface area contributed by atoms with Gasteiger partial charge in [-0.15, -0.1) is 0 Å². The quantitative estimate of drug-likeness (QED) is 0.782. The van der Waals surface area contributed by atoms with Crippen LogP contribution < -0.4 is 4.90 Å². The van der Waals surface area contributed by atoms with E-state index < -0.39 is 10.8 Å². The maximum atomic E-state index is 12.8. The van der Waals surface area contributed by atoms with Crippen LogP contribution >= 0.6 is 11.6 Å². The molecule has 140 valence electrons. The predicted octanol–water partition coefficient (Wildman–Crippen LogP) is 2.68. The molecule has 2 aliphatic heterocycles. The van der Waals surface area contributed by atoms with Crippen LogP contribution in [0.3, 0.4) is 0 Å². The minimum absolute atomic E-state index is 0.0340. The van der Waals surface area contributed by atoms with Gasteiger partial charge in [-0.25, -0.2) is 0 Å². The number of carbonyl (C=O) groups is 1. The van der Waals surface area contributed by atoms with Crippen molar-refractivity contribution in [3.63, 3.8) is 0 Å². The molecule has 2 unspecified atom stereocenters. The van der Waals surface area contributed by atoms with Crippen LogP contribution in [0, 0.1) is 5.92 Å². The Kier molecular flexibility index (Phi) is 4.92. The van der Waals surface area contributed by atoms with Crippen molar-refractivity contribution in [3.8, 4) is 0 Å². The van der Waals surface area contributed by atoms with Crippen molar-refractivity contribution in [3.05, 3.63) is 23.2 Å². The van der Waals surface area contributed by atoms with Gasteiger partial charge in [0.05, 0.1) is 5.39 Å². The van der Waals surface area contributed by atoms with Crippen molar-refractivity contribution in [1.82, 2.24) is 10.1 Å². The van der Waals surface area contributed by atoms with E-state index in [-0.39, 0.29) is 17.1 Å². The predicted molar refractivity (Wildman–Crippen MR) is 103 cm³/mol. The number of piperidine rings is 1. The van der Waals surface area contributed by atoms with Gasteiger partial charge in [-0.3, -0.25) is 9.00 Å². The monoisotopic (exact) mass is 395 g/mol. The molecule has 2 saturated heterocycles. The van der Waals surface area contributed by atoms with Crippen molar-refractivity contribution in [2.24, 2.45) is 5.92 Å². The van der Waals surface area contributed by atoms with Crippen LogP contribution in [-0.2, 0) is 15.6 Å². The lowest BCUT2D eigenvalue weighted by molar-refractivity contribution is -0.136. The minimum atomic E-state index is -0.800. The molecule has 0 N–H and O–H groups in total. The number of anilines is 1. The summed E-state index contributed by atoms with van der Waals surface area (Å²) in [5.74, 6) is 1.64. The molecule has 0 saturated carbocycles. The highest BCUT2D eigenvalue weighted by atomic mass is 35.5. The third-order valence-corrected chi connectivity index (χ3v) is 7.22. The van der Waals surface area contributed by atoms with E-state index in [0.717, 1.165) is 42.7 Å². The molecule has 3 heterocycles. The first kappa shape index (κ1) is 17.8. The number of halogens is 1. The zero-order valence-corrected chi connectivity index (χ0v) is 16.3. The third kappa shape index (κ3) is 3.34. The summed E-state index contributed by atoms with van der Waals surface area (Å²) < 4.78 is 17.2. The summed E-state index contributed by atoms with van der Waals surface area (Å²) >= 11 is 6.10. The van der Waals surface area contributed by atoms with Crippen LogP contribution in [0.15, 0.2) is 22.7 Å². The van der Waals surface area contributed by atoms with Gasteiger partial charge in [-0.05, 0) is 38.0 Å². The molecule has 26 heavy (non-hydrogen) atoms. The smallest absolute Gasteiger partial charge is 0.225 e. The molecule has 1 amide bonds. The lowest BCUT2D eigenvalue weighted by atomic mass is 9.95. The number of nitrogens with zero attached hydrogens (tertiary/aromatic N) is 3. The molecule has 2 aromatic rings. The summed E-state index contributed by atoms with van der Waals surface area (Å²) in [6.07, 6.45) is 1.59. The van der Waals surface area contributed by atoms with E-state index in [2.05, 4.69) is 10.1 Å². The highest BCUT2D eigenvalue weighted by Crippen LogP contribution is 2.32. The van der Waals surface area contributed by atoms with Crippen LogP contribution in [0.2, 0.25) is 5.02 Å². The van der Waals surface area contributed by atoms with Crippen molar-refractivity contribution in [2.45, 2.75) is 25.0 Å². The first-order valence-electron chi connectivity index (χ1n) is 8.99. The molecule has 0 aliphatic carbocycles. The highest BCUT2D eigenvalue weighted by molar-refractivity contribution is 7.85. The average molecular weight is 396 g/mol. The van der Waals surface area contributed by atoms with E-state index in [1.165, 1.54) is 0 Å². The van der Waals surface area contributed by atoms with Crippen LogP contribution in [0.1, 0.15) is 19.8 Å². The van der Waals surface area contributed by atoms with E-state index in [4.69, 9.17) is 16.1 Å². The lowest BCUT2D eigenvalue weighted by Gasteiger charge is -2.36. The molecule has 0 radical (unpaired) electrons. The maximum Gasteiger partial charge on any atom is 0.225 e. The van der Waals surface area contributed by atoms with Crippen LogP contribution in [0.5, 0.6) is 0 Å². The zero-order valence-electron chi connectivity index (χ0n) is 14.7. The topological polar surface area (TPSA) is 66.7 Å². The summed E-state index contributed by atoms with van der Waals surface area (Å²) in [6.45, 7) is 4.71. The Labute approximate surface area is 159 Å². The molecule has 0 bridgehead atoms. The van der Waals surface area contributed by atoms with Gasteiger partial charge >= 0.3 is 0 Å². The molecule has 2 atom stereocenters. The van der Waals surface area contributed by atoms with Crippen LogP contribution in [0.4, 0.5) is 5.82 Å². The van der Waals surface area contributed by atoms with E-state index in [1.807, 2.05) is 24.0 Å². The fourth-order valence-corrected chi connectivity index (χ4v) is 5.13. The molecular formula is C18H22ClN3O3S. The zero-order chi connectivity index (χ0) is 18.3. The van der Waals surface area contributed by atoms with E-state index in [0.29, 0.717) is 23.9 Å². The first-order valence-corrected chi connectivity index (χ1v) is 10.7. The number of rotatable bonds is 2. The van der Waals surface area contributed by atoms with Crippen molar-refractivity contribution < 1.29 is 13.5 Å². The summed E-state index contributed by atoms with van der Waals surface area (Å²) in [5.41, 5.74) is 0.720. The van der Waals surface area contributed by atoms with Gasteiger partial charge in [-0.2, -0.15) is 0 Å². The number of aromatic nitrogens is 1. The summed E-state index contributed by atoms with van der Waals surface area (Å²) in [4.78, 5) is 16.9. The van der Waals surface area contributed by atoms with Gasteiger partial charge in [0, 0.05) is 58.9 Å². The summed E-state index contributed by atoms with van der Waals surface area (Å²) in [6, 6.07) is 5.48. The van der Waals surface area contributed by atoms with Crippen LogP contribution in [0.25, 0.3) is 11.0 Å². The number of carbonyl (C=O) groups excluding carboxylic acids is 1. The SMILES string of the molecule is CC1CN(C(=O)C2CCN(c3noc4ccc(Cl)cc34)CC2)CCS1=O. The minimum Gasteiger partial charge on any atom is -0.354 e. The van der Waals surface area contributed by atoms with Gasteiger partial charge in [0.15, 0.2) is 11.4 Å². The summed E-state index contributed by atoms with van der Waals surface area (Å²) in [7, 11) is -0.800. The van der Waals surface area contributed by atoms with Gasteiger partial charge in [-0.1, -0.05) is 16.8 Å². The summed E-state index contributed by atoms with van der Waals surface area (Å²) in [5, 5.41) is 5.84. The Balaban J connectivity index is 1.41. The van der Waals surface area contributed by atoms with Gasteiger partial charge in [0.1, 0.15) is 0 Å². The normalized spacial score (nSPS) is 25.0. The molecule has 4 rings (SSSR count). The van der Waals surface area contributed by atoms with Crippen molar-refractivity contribution >= 4 is 45.1 Å². The number of fused-ring (bicyclic) bond motifs is 1. The molecule has 0 spiro atoms. The molecule has 6 nitrogen and oxygen atoms in total. The molecule has 2 aliphatic rings. The molecule has 8 heteroatoms. The second-order valence-corrected chi connectivity index (χ2v) is 9.50. The molecule has 2 fully saturated rings. The van der Waals surface area contributed by atoms with Gasteiger partial charge in [0.2, 0.25) is 5.91 Å². The van der Waals surface area contributed by atoms with Crippen LogP contribution in [-0.4, -0.2) is 57.4 Å². The standard InChI is InChI=1S/C18H22ClN3O3S/c1-12-11-22(8-9-26(12)24)18(23)13-4-6-21(7-5-13)17-15-10-14(19)2-3-16(15)25-20-17/h2-3,10,12-13H,4-9,11H2,1H3. The van der Waals surface area contributed by atoms with Gasteiger partial charge < -0.3 is 14.3 Å². The number of hydrogen-bond donors (Lipinski definition) is 0. The molecular weight excluding hydrogens is 374 g/mol. The Bertz CT molecular complexity index is 847. The number of hydrogen-bond acceptors (Lipinski definition) is 5. The Morgan fingerprint density at radius 2 is 2.08 bits per heavy atom. The van der Waals surface area contributed by atoms with E-state index in [9.17, 15) is 9.00 Å².